The summed E-state index contributed by atoms with van der Waals surface area (Å²) in [5, 5.41) is 13.4. The van der Waals surface area contributed by atoms with Crippen LogP contribution >= 0.6 is 0 Å². The fourth-order valence-corrected chi connectivity index (χ4v) is 2.74. The van der Waals surface area contributed by atoms with Gasteiger partial charge in [-0.25, -0.2) is 9.78 Å². The molecule has 0 bridgehead atoms. The molecule has 1 N–H and O–H groups in total. The molecule has 1 aliphatic rings. The summed E-state index contributed by atoms with van der Waals surface area (Å²) >= 11 is 0. The fraction of sp³-hybridized carbons (Fsp3) is 0.579. The van der Waals surface area contributed by atoms with Crippen LogP contribution in [0.15, 0.2) is 22.9 Å². The van der Waals surface area contributed by atoms with E-state index in [1.807, 2.05) is 26.8 Å². The van der Waals surface area contributed by atoms with Crippen LogP contribution < -0.4 is 4.90 Å². The molecule has 0 aromatic carbocycles. The minimum atomic E-state index is -0.811. The maximum Gasteiger partial charge on any atom is 0.409 e. The fourth-order valence-electron chi connectivity index (χ4n) is 2.74. The Labute approximate surface area is 164 Å². The lowest BCUT2D eigenvalue weighted by Crippen LogP contribution is -2.49. The Kier molecular flexibility index (Phi) is 5.83. The maximum absolute atomic E-state index is 12.2. The average molecular weight is 389 g/mol. The highest BCUT2D eigenvalue weighted by molar-refractivity contribution is 5.68. The second kappa shape index (κ2) is 8.14. The highest BCUT2D eigenvalue weighted by Crippen LogP contribution is 2.23. The Morgan fingerprint density at radius 3 is 2.64 bits per heavy atom. The van der Waals surface area contributed by atoms with E-state index in [2.05, 4.69) is 20.0 Å². The molecular weight excluding hydrogens is 362 g/mol. The van der Waals surface area contributed by atoms with Crippen molar-refractivity contribution < 1.29 is 19.2 Å². The van der Waals surface area contributed by atoms with E-state index in [1.54, 1.807) is 24.1 Å². The van der Waals surface area contributed by atoms with E-state index in [-0.39, 0.29) is 17.4 Å². The first-order valence-corrected chi connectivity index (χ1v) is 9.38. The van der Waals surface area contributed by atoms with Crippen LogP contribution in [0.5, 0.6) is 0 Å². The maximum atomic E-state index is 12.2. The quantitative estimate of drug-likeness (QED) is 0.850. The van der Waals surface area contributed by atoms with Crippen molar-refractivity contribution in [1.82, 2.24) is 20.0 Å². The Hall–Kier alpha value is -2.68. The van der Waals surface area contributed by atoms with Gasteiger partial charge in [-0.1, -0.05) is 25.9 Å². The van der Waals surface area contributed by atoms with Gasteiger partial charge in [-0.2, -0.15) is 4.98 Å². The molecule has 9 heteroatoms. The molecule has 1 saturated heterocycles. The van der Waals surface area contributed by atoms with E-state index in [1.165, 1.54) is 0 Å². The van der Waals surface area contributed by atoms with Gasteiger partial charge in [0.25, 0.3) is 5.89 Å². The summed E-state index contributed by atoms with van der Waals surface area (Å²) < 4.78 is 10.4. The Balaban J connectivity index is 1.61. The first kappa shape index (κ1) is 20.1. The largest absolute Gasteiger partial charge is 0.449 e. The Bertz CT molecular complexity index is 807. The molecule has 28 heavy (non-hydrogen) atoms. The van der Waals surface area contributed by atoms with Crippen LogP contribution in [-0.2, 0) is 4.74 Å². The van der Waals surface area contributed by atoms with Crippen LogP contribution in [0.25, 0.3) is 11.4 Å². The van der Waals surface area contributed by atoms with Crippen molar-refractivity contribution in [2.45, 2.75) is 33.8 Å². The van der Waals surface area contributed by atoms with Gasteiger partial charge in [0.15, 0.2) is 0 Å². The summed E-state index contributed by atoms with van der Waals surface area (Å²) in [7, 11) is 0. The lowest BCUT2D eigenvalue weighted by molar-refractivity contribution is 0.0707. The predicted octanol–water partition coefficient (Wildman–Crippen LogP) is 2.49. The van der Waals surface area contributed by atoms with Crippen molar-refractivity contribution in [2.24, 2.45) is 5.41 Å². The molecule has 3 rings (SSSR count). The molecule has 1 atom stereocenters. The van der Waals surface area contributed by atoms with Crippen molar-refractivity contribution in [3.05, 3.63) is 24.2 Å². The van der Waals surface area contributed by atoms with Gasteiger partial charge >= 0.3 is 6.09 Å². The minimum absolute atomic E-state index is 0.0509. The number of carbonyl (C=O) groups is 1. The summed E-state index contributed by atoms with van der Waals surface area (Å²) in [6.45, 7) is 10.5. The van der Waals surface area contributed by atoms with Crippen molar-refractivity contribution in [2.75, 3.05) is 37.7 Å². The summed E-state index contributed by atoms with van der Waals surface area (Å²) in [6.07, 6.45) is 0.606. The molecule has 0 spiro atoms. The zero-order valence-corrected chi connectivity index (χ0v) is 16.8. The molecule has 0 saturated carbocycles. The predicted molar refractivity (Wildman–Crippen MR) is 103 cm³/mol. The van der Waals surface area contributed by atoms with E-state index < -0.39 is 6.10 Å². The third-order valence-electron chi connectivity index (χ3n) is 4.29. The molecule has 0 radical (unpaired) electrons. The number of hydrogen-bond donors (Lipinski definition) is 1. The molecule has 3 heterocycles. The second-order valence-electron chi connectivity index (χ2n) is 8.12. The number of nitrogens with zero attached hydrogens (tertiary/aromatic N) is 5. The number of hydrogen-bond acceptors (Lipinski definition) is 8. The number of aromatic nitrogens is 3. The van der Waals surface area contributed by atoms with Gasteiger partial charge in [-0.15, -0.1) is 0 Å². The van der Waals surface area contributed by atoms with E-state index in [0.717, 1.165) is 11.4 Å². The molecular formula is C19H27N5O4. The molecule has 152 valence electrons. The zero-order chi connectivity index (χ0) is 20.3. The first-order valence-electron chi connectivity index (χ1n) is 9.38. The minimum Gasteiger partial charge on any atom is -0.449 e. The number of aliphatic hydroxyl groups excluding tert-OH is 1. The van der Waals surface area contributed by atoms with Gasteiger partial charge in [0.1, 0.15) is 11.9 Å². The topological polar surface area (TPSA) is 105 Å². The number of piperazine rings is 1. The Morgan fingerprint density at radius 1 is 1.32 bits per heavy atom. The van der Waals surface area contributed by atoms with Gasteiger partial charge in [0, 0.05) is 37.9 Å². The zero-order valence-electron chi connectivity index (χ0n) is 16.8. The van der Waals surface area contributed by atoms with Gasteiger partial charge in [0.05, 0.1) is 6.61 Å². The van der Waals surface area contributed by atoms with Gasteiger partial charge < -0.3 is 24.2 Å². The number of ether oxygens (including phenoxy) is 1. The van der Waals surface area contributed by atoms with Crippen LogP contribution in [0.3, 0.4) is 0 Å². The van der Waals surface area contributed by atoms with E-state index in [9.17, 15) is 9.90 Å². The average Bonchev–Trinajstić information content (AvgIpc) is 3.16. The summed E-state index contributed by atoms with van der Waals surface area (Å²) in [4.78, 5) is 24.7. The lowest BCUT2D eigenvalue weighted by atomic mass is 9.99. The monoisotopic (exact) mass is 389 g/mol. The van der Waals surface area contributed by atoms with Gasteiger partial charge in [-0.3, -0.25) is 0 Å². The molecule has 1 aliphatic heterocycles. The number of aliphatic hydroxyl groups is 1. The number of carbonyl (C=O) groups excluding carboxylic acids is 1. The molecule has 1 amide bonds. The van der Waals surface area contributed by atoms with Crippen LogP contribution in [0.2, 0.25) is 0 Å². The lowest BCUT2D eigenvalue weighted by Gasteiger charge is -2.35. The van der Waals surface area contributed by atoms with E-state index >= 15 is 0 Å². The van der Waals surface area contributed by atoms with Crippen molar-refractivity contribution in [1.29, 1.82) is 0 Å². The molecule has 2 aromatic heterocycles. The van der Waals surface area contributed by atoms with Gasteiger partial charge in [-0.05, 0) is 24.5 Å². The highest BCUT2D eigenvalue weighted by Gasteiger charge is 2.25. The normalized spacial score (nSPS) is 16.2. The van der Waals surface area contributed by atoms with Crippen molar-refractivity contribution >= 4 is 11.9 Å². The first-order chi connectivity index (χ1) is 13.2. The molecule has 2 aromatic rings. The summed E-state index contributed by atoms with van der Waals surface area (Å²) in [6, 6.07) is 3.67. The van der Waals surface area contributed by atoms with Crippen LogP contribution in [-0.4, -0.2) is 64.0 Å². The second-order valence-corrected chi connectivity index (χ2v) is 8.12. The number of anilines is 1. The summed E-state index contributed by atoms with van der Waals surface area (Å²) in [5.74, 6) is 1.36. The number of rotatable bonds is 4. The van der Waals surface area contributed by atoms with E-state index in [0.29, 0.717) is 38.6 Å². The third kappa shape index (κ3) is 4.98. The SMILES string of the molecule is CC(O)c1nc(-c2ccnc(N3CCN(C(=O)OCC(C)(C)C)CC3)c2)no1. The smallest absolute Gasteiger partial charge is 0.409 e. The molecule has 9 nitrogen and oxygen atoms in total. The third-order valence-corrected chi connectivity index (χ3v) is 4.29. The standard InChI is InChI=1S/C19H27N5O4/c1-13(25)17-21-16(22-28-17)14-5-6-20-15(11-14)23-7-9-24(10-8-23)18(26)27-12-19(2,3)4/h5-6,11,13,25H,7-10,12H2,1-4H3. The molecule has 1 fully saturated rings. The Morgan fingerprint density at radius 2 is 2.04 bits per heavy atom. The van der Waals surface area contributed by atoms with E-state index in [4.69, 9.17) is 9.26 Å². The molecule has 1 unspecified atom stereocenters. The highest BCUT2D eigenvalue weighted by atomic mass is 16.6. The molecule has 0 aliphatic carbocycles. The number of amides is 1. The van der Waals surface area contributed by atoms with Crippen LogP contribution in [0.1, 0.15) is 39.7 Å². The van der Waals surface area contributed by atoms with Crippen LogP contribution in [0.4, 0.5) is 10.6 Å². The van der Waals surface area contributed by atoms with Gasteiger partial charge in [0.2, 0.25) is 5.82 Å². The number of pyridine rings is 1. The summed E-state index contributed by atoms with van der Waals surface area (Å²) in [5.41, 5.74) is 0.706. The van der Waals surface area contributed by atoms with Crippen molar-refractivity contribution in [3.63, 3.8) is 0 Å². The van der Waals surface area contributed by atoms with Crippen molar-refractivity contribution in [3.8, 4) is 11.4 Å². The van der Waals surface area contributed by atoms with Crippen LogP contribution in [0, 0.1) is 5.41 Å².